The predicted octanol–water partition coefficient (Wildman–Crippen LogP) is 0.845. The quantitative estimate of drug-likeness (QED) is 0.869. The molecule has 1 fully saturated rings. The Morgan fingerprint density at radius 3 is 2.67 bits per heavy atom. The first-order valence-electron chi connectivity index (χ1n) is 7.89. The molecule has 7 nitrogen and oxygen atoms in total. The van der Waals surface area contributed by atoms with Crippen molar-refractivity contribution in [2.75, 3.05) is 31.2 Å². The summed E-state index contributed by atoms with van der Waals surface area (Å²) in [7, 11) is 0. The first-order valence-corrected chi connectivity index (χ1v) is 7.89. The number of anilines is 1. The monoisotopic (exact) mass is 328 g/mol. The molecule has 2 N–H and O–H groups in total. The average molecular weight is 328 g/mol. The standard InChI is InChI=1S/C17H20N4O3/c1-12-19-14(10-16(22)20-12)11-18-17(23)13-2-4-15(5-3-13)21-6-8-24-9-7-21/h2-5,10H,6-9,11H2,1H3,(H,18,23)(H,19,20,22). The third kappa shape index (κ3) is 3.99. The number of aromatic nitrogens is 2. The normalized spacial score (nSPS) is 14.5. The van der Waals surface area contributed by atoms with Gasteiger partial charge in [0.2, 0.25) is 0 Å². The summed E-state index contributed by atoms with van der Waals surface area (Å²) >= 11 is 0. The van der Waals surface area contributed by atoms with Crippen molar-refractivity contribution in [2.24, 2.45) is 0 Å². The van der Waals surface area contributed by atoms with Crippen LogP contribution in [-0.4, -0.2) is 42.2 Å². The van der Waals surface area contributed by atoms with Crippen LogP contribution in [0.15, 0.2) is 35.1 Å². The van der Waals surface area contributed by atoms with Crippen LogP contribution >= 0.6 is 0 Å². The molecule has 0 radical (unpaired) electrons. The van der Waals surface area contributed by atoms with Gasteiger partial charge in [-0.05, 0) is 31.2 Å². The molecule has 3 rings (SSSR count). The minimum Gasteiger partial charge on any atom is -0.378 e. The van der Waals surface area contributed by atoms with E-state index in [1.165, 1.54) is 6.07 Å². The molecule has 2 aromatic rings. The number of H-pyrrole nitrogens is 1. The summed E-state index contributed by atoms with van der Waals surface area (Å²) in [6, 6.07) is 8.87. The van der Waals surface area contributed by atoms with E-state index in [-0.39, 0.29) is 18.0 Å². The molecule has 7 heteroatoms. The Hall–Kier alpha value is -2.67. The van der Waals surface area contributed by atoms with Crippen LogP contribution < -0.4 is 15.8 Å². The zero-order valence-electron chi connectivity index (χ0n) is 13.5. The molecule has 0 aliphatic carbocycles. The molecule has 0 saturated carbocycles. The molecule has 2 heterocycles. The zero-order valence-corrected chi connectivity index (χ0v) is 13.5. The number of hydrogen-bond acceptors (Lipinski definition) is 5. The summed E-state index contributed by atoms with van der Waals surface area (Å²) in [6.45, 7) is 5.10. The molecule has 1 aromatic carbocycles. The largest absolute Gasteiger partial charge is 0.378 e. The molecule has 1 aliphatic rings. The lowest BCUT2D eigenvalue weighted by Gasteiger charge is -2.28. The Morgan fingerprint density at radius 2 is 2.00 bits per heavy atom. The molecule has 0 spiro atoms. The van der Waals surface area contributed by atoms with Gasteiger partial charge in [-0.25, -0.2) is 4.98 Å². The number of carbonyl (C=O) groups excluding carboxylic acids is 1. The molecule has 1 saturated heterocycles. The molecule has 1 aliphatic heterocycles. The lowest BCUT2D eigenvalue weighted by Crippen LogP contribution is -2.36. The average Bonchev–Trinajstić information content (AvgIpc) is 2.60. The third-order valence-corrected chi connectivity index (χ3v) is 3.85. The highest BCUT2D eigenvalue weighted by molar-refractivity contribution is 5.94. The number of benzene rings is 1. The van der Waals surface area contributed by atoms with E-state index in [9.17, 15) is 9.59 Å². The lowest BCUT2D eigenvalue weighted by atomic mass is 10.1. The summed E-state index contributed by atoms with van der Waals surface area (Å²) < 4.78 is 5.34. The van der Waals surface area contributed by atoms with Gasteiger partial charge >= 0.3 is 0 Å². The van der Waals surface area contributed by atoms with Crippen LogP contribution in [0.4, 0.5) is 5.69 Å². The van der Waals surface area contributed by atoms with Crippen molar-refractivity contribution in [1.29, 1.82) is 0 Å². The van der Waals surface area contributed by atoms with Crippen LogP contribution in [0, 0.1) is 6.92 Å². The van der Waals surface area contributed by atoms with Gasteiger partial charge in [0.05, 0.1) is 25.5 Å². The number of amides is 1. The molecule has 0 unspecified atom stereocenters. The fourth-order valence-electron chi connectivity index (χ4n) is 2.65. The second-order valence-corrected chi connectivity index (χ2v) is 5.65. The number of carbonyl (C=O) groups is 1. The van der Waals surface area contributed by atoms with Crippen LogP contribution in [0.5, 0.6) is 0 Å². The van der Waals surface area contributed by atoms with Gasteiger partial charge < -0.3 is 19.9 Å². The summed E-state index contributed by atoms with van der Waals surface area (Å²) in [5.41, 5.74) is 1.98. The van der Waals surface area contributed by atoms with Gasteiger partial charge in [-0.1, -0.05) is 0 Å². The minimum atomic E-state index is -0.221. The highest BCUT2D eigenvalue weighted by Crippen LogP contribution is 2.16. The Morgan fingerprint density at radius 1 is 1.29 bits per heavy atom. The van der Waals surface area contributed by atoms with Gasteiger partial charge in [0.25, 0.3) is 11.5 Å². The fourth-order valence-corrected chi connectivity index (χ4v) is 2.65. The Bertz CT molecular complexity index is 764. The number of nitrogens with one attached hydrogen (secondary N) is 2. The maximum atomic E-state index is 12.2. The summed E-state index contributed by atoms with van der Waals surface area (Å²) in [5.74, 6) is 0.338. The van der Waals surface area contributed by atoms with Gasteiger partial charge in [-0.2, -0.15) is 0 Å². The van der Waals surface area contributed by atoms with E-state index in [2.05, 4.69) is 20.2 Å². The molecular weight excluding hydrogens is 308 g/mol. The molecular formula is C17H20N4O3. The van der Waals surface area contributed by atoms with E-state index < -0.39 is 0 Å². The zero-order chi connectivity index (χ0) is 16.9. The van der Waals surface area contributed by atoms with E-state index in [0.29, 0.717) is 17.1 Å². The van der Waals surface area contributed by atoms with Gasteiger partial charge in [0.1, 0.15) is 5.82 Å². The van der Waals surface area contributed by atoms with E-state index in [1.807, 2.05) is 12.1 Å². The van der Waals surface area contributed by atoms with Gasteiger partial charge in [-0.15, -0.1) is 0 Å². The maximum Gasteiger partial charge on any atom is 0.251 e. The van der Waals surface area contributed by atoms with Crippen molar-refractivity contribution in [3.05, 3.63) is 57.8 Å². The topological polar surface area (TPSA) is 87.3 Å². The van der Waals surface area contributed by atoms with E-state index >= 15 is 0 Å². The smallest absolute Gasteiger partial charge is 0.251 e. The van der Waals surface area contributed by atoms with Crippen molar-refractivity contribution < 1.29 is 9.53 Å². The van der Waals surface area contributed by atoms with Crippen molar-refractivity contribution in [2.45, 2.75) is 13.5 Å². The Labute approximate surface area is 139 Å². The SMILES string of the molecule is Cc1nc(CNC(=O)c2ccc(N3CCOCC3)cc2)cc(=O)[nH]1. The van der Waals surface area contributed by atoms with Gasteiger partial charge in [0, 0.05) is 30.4 Å². The first kappa shape index (κ1) is 16.2. The molecule has 0 atom stereocenters. The summed E-state index contributed by atoms with van der Waals surface area (Å²) in [5, 5.41) is 2.78. The highest BCUT2D eigenvalue weighted by atomic mass is 16.5. The number of aryl methyl sites for hydroxylation is 1. The second kappa shape index (κ2) is 7.27. The number of aromatic amines is 1. The van der Waals surface area contributed by atoms with Crippen molar-refractivity contribution in [3.63, 3.8) is 0 Å². The molecule has 0 bridgehead atoms. The van der Waals surface area contributed by atoms with Crippen molar-refractivity contribution in [1.82, 2.24) is 15.3 Å². The van der Waals surface area contributed by atoms with Crippen LogP contribution in [-0.2, 0) is 11.3 Å². The number of rotatable bonds is 4. The first-order chi connectivity index (χ1) is 11.6. The molecule has 24 heavy (non-hydrogen) atoms. The number of morpholine rings is 1. The fraction of sp³-hybridized carbons (Fsp3) is 0.353. The van der Waals surface area contributed by atoms with Crippen molar-refractivity contribution in [3.8, 4) is 0 Å². The van der Waals surface area contributed by atoms with Gasteiger partial charge in [0.15, 0.2) is 0 Å². The molecule has 126 valence electrons. The minimum absolute atomic E-state index is 0.191. The Balaban J connectivity index is 1.61. The third-order valence-electron chi connectivity index (χ3n) is 3.85. The van der Waals surface area contributed by atoms with Crippen LogP contribution in [0.2, 0.25) is 0 Å². The number of ether oxygens (including phenoxy) is 1. The number of hydrogen-bond donors (Lipinski definition) is 2. The van der Waals surface area contributed by atoms with Crippen LogP contribution in [0.1, 0.15) is 21.9 Å². The summed E-state index contributed by atoms with van der Waals surface area (Å²) in [6.07, 6.45) is 0. The highest BCUT2D eigenvalue weighted by Gasteiger charge is 2.12. The summed E-state index contributed by atoms with van der Waals surface area (Å²) in [4.78, 5) is 32.6. The van der Waals surface area contributed by atoms with E-state index in [1.54, 1.807) is 19.1 Å². The predicted molar refractivity (Wildman–Crippen MR) is 90.2 cm³/mol. The number of nitrogens with zero attached hydrogens (tertiary/aromatic N) is 2. The Kier molecular flexibility index (Phi) is 4.90. The van der Waals surface area contributed by atoms with Crippen LogP contribution in [0.25, 0.3) is 0 Å². The molecule has 1 amide bonds. The molecule has 1 aromatic heterocycles. The lowest BCUT2D eigenvalue weighted by molar-refractivity contribution is 0.0950. The van der Waals surface area contributed by atoms with Crippen molar-refractivity contribution >= 4 is 11.6 Å². The van der Waals surface area contributed by atoms with E-state index in [0.717, 1.165) is 32.0 Å². The maximum absolute atomic E-state index is 12.2. The second-order valence-electron chi connectivity index (χ2n) is 5.65. The van der Waals surface area contributed by atoms with Gasteiger partial charge in [-0.3, -0.25) is 9.59 Å². The van der Waals surface area contributed by atoms with Crippen LogP contribution in [0.3, 0.4) is 0 Å². The van der Waals surface area contributed by atoms with E-state index in [4.69, 9.17) is 4.74 Å².